The number of piperidine rings is 1. The summed E-state index contributed by atoms with van der Waals surface area (Å²) < 4.78 is 1.78. The molecular formula is C38H44N6O3. The summed E-state index contributed by atoms with van der Waals surface area (Å²) in [5, 5.41) is 13.6. The molecule has 2 bridgehead atoms. The number of hydrogen-bond acceptors (Lipinski definition) is 4. The highest BCUT2D eigenvalue weighted by atomic mass is 16.2. The Labute approximate surface area is 276 Å². The van der Waals surface area contributed by atoms with Gasteiger partial charge in [-0.2, -0.15) is 5.10 Å². The summed E-state index contributed by atoms with van der Waals surface area (Å²) in [5.74, 6) is 0.936. The molecule has 2 aliphatic heterocycles. The number of hydrogen-bond donors (Lipinski definition) is 3. The van der Waals surface area contributed by atoms with Gasteiger partial charge in [0, 0.05) is 47.4 Å². The Bertz CT molecular complexity index is 1770. The van der Waals surface area contributed by atoms with E-state index >= 15 is 0 Å². The van der Waals surface area contributed by atoms with Gasteiger partial charge in [-0.15, -0.1) is 0 Å². The quantitative estimate of drug-likeness (QED) is 0.194. The molecule has 2 fully saturated rings. The van der Waals surface area contributed by atoms with E-state index in [9.17, 15) is 14.4 Å². The third-order valence-corrected chi connectivity index (χ3v) is 9.20. The molecule has 2 aliphatic rings. The summed E-state index contributed by atoms with van der Waals surface area (Å²) in [6.45, 7) is 9.81. The number of rotatable bonds is 7. The number of urea groups is 1. The first kappa shape index (κ1) is 32.0. The lowest BCUT2D eigenvalue weighted by atomic mass is 9.85. The first-order valence-corrected chi connectivity index (χ1v) is 16.5. The second-order valence-electron chi connectivity index (χ2n) is 14.1. The van der Waals surface area contributed by atoms with Crippen molar-refractivity contribution in [1.29, 1.82) is 0 Å². The van der Waals surface area contributed by atoms with Gasteiger partial charge in [0.1, 0.15) is 5.82 Å². The van der Waals surface area contributed by atoms with Crippen LogP contribution in [0.4, 0.5) is 22.0 Å². The van der Waals surface area contributed by atoms with Crippen molar-refractivity contribution in [2.45, 2.75) is 84.2 Å². The normalized spacial score (nSPS) is 18.9. The summed E-state index contributed by atoms with van der Waals surface area (Å²) in [6.07, 6.45) is 4.81. The number of carbonyl (C=O) groups excluding carboxylic acids is 3. The Morgan fingerprint density at radius 2 is 1.49 bits per heavy atom. The highest BCUT2D eigenvalue weighted by molar-refractivity contribution is 5.99. The number of aryl methyl sites for hydroxylation is 1. The average Bonchev–Trinajstić information content (AvgIpc) is 3.55. The lowest BCUT2D eigenvalue weighted by Crippen LogP contribution is -2.46. The zero-order valence-corrected chi connectivity index (χ0v) is 27.8. The molecule has 6 rings (SSSR count). The molecule has 244 valence electrons. The third kappa shape index (κ3) is 7.40. The number of aromatic nitrogens is 2. The van der Waals surface area contributed by atoms with Crippen LogP contribution in [0.5, 0.6) is 0 Å². The molecule has 3 aromatic carbocycles. The van der Waals surface area contributed by atoms with E-state index in [1.165, 1.54) is 6.92 Å². The topological polar surface area (TPSA) is 108 Å². The molecule has 3 N–H and O–H groups in total. The fourth-order valence-electron chi connectivity index (χ4n) is 6.98. The average molecular weight is 633 g/mol. The molecule has 0 radical (unpaired) electrons. The van der Waals surface area contributed by atoms with Gasteiger partial charge in [0.2, 0.25) is 5.91 Å². The largest absolute Gasteiger partial charge is 0.333 e. The summed E-state index contributed by atoms with van der Waals surface area (Å²) >= 11 is 0. The van der Waals surface area contributed by atoms with Gasteiger partial charge in [-0.25, -0.2) is 9.48 Å². The maximum Gasteiger partial charge on any atom is 0.324 e. The lowest BCUT2D eigenvalue weighted by molar-refractivity contribution is -0.114. The van der Waals surface area contributed by atoms with E-state index in [1.54, 1.807) is 16.8 Å². The fourth-order valence-corrected chi connectivity index (χ4v) is 6.98. The minimum absolute atomic E-state index is 0.0405. The van der Waals surface area contributed by atoms with Crippen LogP contribution in [0.25, 0.3) is 5.69 Å². The van der Waals surface area contributed by atoms with E-state index in [4.69, 9.17) is 5.10 Å². The number of fused-ring (bicyclic) bond motifs is 2. The van der Waals surface area contributed by atoms with Crippen molar-refractivity contribution >= 4 is 35.0 Å². The Morgan fingerprint density at radius 3 is 2.15 bits per heavy atom. The second-order valence-corrected chi connectivity index (χ2v) is 14.1. The molecule has 3 heterocycles. The van der Waals surface area contributed by atoms with E-state index in [1.807, 2.05) is 67.6 Å². The van der Waals surface area contributed by atoms with Crippen molar-refractivity contribution in [3.8, 4) is 5.69 Å². The molecule has 0 spiro atoms. The zero-order chi connectivity index (χ0) is 33.3. The summed E-state index contributed by atoms with van der Waals surface area (Å²) in [5.41, 5.74) is 5.88. The van der Waals surface area contributed by atoms with Crippen LogP contribution >= 0.6 is 0 Å². The van der Waals surface area contributed by atoms with E-state index in [-0.39, 0.29) is 35.3 Å². The van der Waals surface area contributed by atoms with E-state index in [2.05, 4.69) is 47.7 Å². The molecule has 47 heavy (non-hydrogen) atoms. The van der Waals surface area contributed by atoms with E-state index in [0.29, 0.717) is 23.0 Å². The first-order chi connectivity index (χ1) is 22.4. The van der Waals surface area contributed by atoms with Crippen molar-refractivity contribution in [3.05, 3.63) is 101 Å². The van der Waals surface area contributed by atoms with Crippen LogP contribution in [0.15, 0.2) is 78.9 Å². The van der Waals surface area contributed by atoms with Crippen LogP contribution < -0.4 is 16.0 Å². The van der Waals surface area contributed by atoms with Crippen molar-refractivity contribution in [1.82, 2.24) is 14.7 Å². The highest BCUT2D eigenvalue weighted by Crippen LogP contribution is 2.41. The standard InChI is InChI=1S/C38H44N6O3/c1-24-12-14-31(15-13-24)44-35(23-34(42-44)38(3,4)5)41-37(47)40-29-10-6-8-26(19-29)18-27-20-32-16-17-33(21-27)43(32)36(46)28-9-7-11-30(22-28)39-25(2)45/h6-15,19,22-23,27,32-33H,16-18,20-21H2,1-5H3,(H,39,45)(H2,40,41,47). The summed E-state index contributed by atoms with van der Waals surface area (Å²) in [4.78, 5) is 40.4. The number of anilines is 3. The van der Waals surface area contributed by atoms with Crippen LogP contribution in [0.1, 0.15) is 80.6 Å². The molecule has 9 nitrogen and oxygen atoms in total. The van der Waals surface area contributed by atoms with Crippen LogP contribution in [0.2, 0.25) is 0 Å². The first-order valence-electron chi connectivity index (χ1n) is 16.5. The predicted molar refractivity (Wildman–Crippen MR) is 186 cm³/mol. The Kier molecular flexibility index (Phi) is 8.90. The Hall–Kier alpha value is -4.92. The van der Waals surface area contributed by atoms with Crippen molar-refractivity contribution in [2.75, 3.05) is 16.0 Å². The van der Waals surface area contributed by atoms with Crippen molar-refractivity contribution < 1.29 is 14.4 Å². The monoisotopic (exact) mass is 632 g/mol. The minimum Gasteiger partial charge on any atom is -0.333 e. The van der Waals surface area contributed by atoms with Gasteiger partial charge in [0.15, 0.2) is 0 Å². The predicted octanol–water partition coefficient (Wildman–Crippen LogP) is 7.71. The van der Waals surface area contributed by atoms with E-state index in [0.717, 1.165) is 60.3 Å². The van der Waals surface area contributed by atoms with Gasteiger partial charge in [-0.1, -0.05) is 56.7 Å². The molecule has 9 heteroatoms. The van der Waals surface area contributed by atoms with Gasteiger partial charge >= 0.3 is 6.03 Å². The number of amides is 4. The maximum absolute atomic E-state index is 13.6. The van der Waals surface area contributed by atoms with Gasteiger partial charge in [-0.05, 0) is 93.0 Å². The third-order valence-electron chi connectivity index (χ3n) is 9.20. The minimum atomic E-state index is -0.330. The highest BCUT2D eigenvalue weighted by Gasteiger charge is 2.43. The van der Waals surface area contributed by atoms with Crippen LogP contribution in [-0.4, -0.2) is 44.6 Å². The Balaban J connectivity index is 1.10. The maximum atomic E-state index is 13.6. The molecule has 4 aromatic rings. The molecule has 2 saturated heterocycles. The van der Waals surface area contributed by atoms with Crippen LogP contribution in [0, 0.1) is 12.8 Å². The number of carbonyl (C=O) groups is 3. The number of benzene rings is 3. The SMILES string of the molecule is CC(=O)Nc1cccc(C(=O)N2C3CCC2CC(Cc2cccc(NC(=O)Nc4cc(C(C)(C)C)nn4-c4ccc(C)cc4)c2)C3)c1. The van der Waals surface area contributed by atoms with Crippen LogP contribution in [0.3, 0.4) is 0 Å². The molecule has 0 saturated carbocycles. The molecular weight excluding hydrogens is 588 g/mol. The number of nitrogens with one attached hydrogen (secondary N) is 3. The number of nitrogens with zero attached hydrogens (tertiary/aromatic N) is 3. The summed E-state index contributed by atoms with van der Waals surface area (Å²) in [6, 6.07) is 25.3. The van der Waals surface area contributed by atoms with Crippen molar-refractivity contribution in [2.24, 2.45) is 5.92 Å². The Morgan fingerprint density at radius 1 is 0.830 bits per heavy atom. The van der Waals surface area contributed by atoms with E-state index < -0.39 is 0 Å². The van der Waals surface area contributed by atoms with Gasteiger partial charge in [-0.3, -0.25) is 14.9 Å². The molecule has 1 aromatic heterocycles. The molecule has 2 atom stereocenters. The molecule has 4 amide bonds. The fraction of sp³-hybridized carbons (Fsp3) is 0.368. The zero-order valence-electron chi connectivity index (χ0n) is 27.8. The van der Waals surface area contributed by atoms with Gasteiger partial charge < -0.3 is 15.5 Å². The van der Waals surface area contributed by atoms with Crippen LogP contribution in [-0.2, 0) is 16.6 Å². The van der Waals surface area contributed by atoms with Crippen molar-refractivity contribution in [3.63, 3.8) is 0 Å². The van der Waals surface area contributed by atoms with Gasteiger partial charge in [0.05, 0.1) is 11.4 Å². The lowest BCUT2D eigenvalue weighted by Gasteiger charge is -2.39. The van der Waals surface area contributed by atoms with Gasteiger partial charge in [0.25, 0.3) is 5.91 Å². The molecule has 0 aliphatic carbocycles. The second kappa shape index (κ2) is 13.1. The molecule has 2 unspecified atom stereocenters. The smallest absolute Gasteiger partial charge is 0.324 e. The summed E-state index contributed by atoms with van der Waals surface area (Å²) in [7, 11) is 0.